The molecule has 4 bridgehead atoms. The van der Waals surface area contributed by atoms with E-state index in [0.29, 0.717) is 12.3 Å². The summed E-state index contributed by atoms with van der Waals surface area (Å²) in [6, 6.07) is 0. The number of carbonyl (C=O) groups is 2. The zero-order valence-corrected chi connectivity index (χ0v) is 15.8. The van der Waals surface area contributed by atoms with Gasteiger partial charge in [-0.3, -0.25) is 4.79 Å². The molecule has 5 unspecified atom stereocenters. The van der Waals surface area contributed by atoms with Crippen molar-refractivity contribution in [2.75, 3.05) is 13.2 Å². The van der Waals surface area contributed by atoms with Crippen molar-refractivity contribution in [3.8, 4) is 0 Å². The van der Waals surface area contributed by atoms with E-state index in [2.05, 4.69) is 13.5 Å². The predicted octanol–water partition coefficient (Wildman–Crippen LogP) is 2.12. The van der Waals surface area contributed by atoms with Crippen LogP contribution in [0.25, 0.3) is 0 Å². The molecule has 5 atom stereocenters. The molecule has 6 heteroatoms. The molecular formula is C20H30O6. The summed E-state index contributed by atoms with van der Waals surface area (Å²) in [5, 5.41) is 20.4. The molecule has 4 fully saturated rings. The first-order chi connectivity index (χ1) is 12.1. The lowest BCUT2D eigenvalue weighted by Gasteiger charge is -2.63. The van der Waals surface area contributed by atoms with Gasteiger partial charge in [0.05, 0.1) is 17.6 Å². The fraction of sp³-hybridized carbons (Fsp3) is 0.800. The Kier molecular flexibility index (Phi) is 4.95. The van der Waals surface area contributed by atoms with Crippen LogP contribution in [0.15, 0.2) is 12.2 Å². The van der Waals surface area contributed by atoms with Crippen LogP contribution in [0.2, 0.25) is 0 Å². The molecule has 0 heterocycles. The summed E-state index contributed by atoms with van der Waals surface area (Å²) < 4.78 is 10.6. The molecule has 0 aromatic rings. The van der Waals surface area contributed by atoms with Crippen molar-refractivity contribution in [1.29, 1.82) is 0 Å². The van der Waals surface area contributed by atoms with Crippen LogP contribution in [0.1, 0.15) is 58.8 Å². The largest absolute Gasteiger partial charge is 0.461 e. The first-order valence-corrected chi connectivity index (χ1v) is 9.52. The van der Waals surface area contributed by atoms with E-state index in [0.717, 1.165) is 38.5 Å². The average Bonchev–Trinajstić information content (AvgIpc) is 2.55. The second-order valence-electron chi connectivity index (χ2n) is 8.96. The molecule has 0 aromatic carbocycles. The Balaban J connectivity index is 1.67. The monoisotopic (exact) mass is 366 g/mol. The molecule has 4 aliphatic rings. The maximum atomic E-state index is 13.0. The fourth-order valence-corrected chi connectivity index (χ4v) is 5.90. The normalized spacial score (nSPS) is 38.7. The topological polar surface area (TPSA) is 93.1 Å². The van der Waals surface area contributed by atoms with E-state index in [-0.39, 0.29) is 23.6 Å². The molecule has 26 heavy (non-hydrogen) atoms. The first-order valence-electron chi connectivity index (χ1n) is 9.52. The van der Waals surface area contributed by atoms with Crippen molar-refractivity contribution >= 4 is 11.9 Å². The zero-order valence-electron chi connectivity index (χ0n) is 15.8. The molecule has 0 amide bonds. The minimum absolute atomic E-state index is 0.0238. The minimum atomic E-state index is -0.903. The summed E-state index contributed by atoms with van der Waals surface area (Å²) in [6.45, 7) is 6.54. The Morgan fingerprint density at radius 2 is 1.96 bits per heavy atom. The van der Waals surface area contributed by atoms with Gasteiger partial charge >= 0.3 is 11.9 Å². The quantitative estimate of drug-likeness (QED) is 0.530. The van der Waals surface area contributed by atoms with Crippen molar-refractivity contribution in [3.63, 3.8) is 0 Å². The Hall–Kier alpha value is -1.40. The summed E-state index contributed by atoms with van der Waals surface area (Å²) in [7, 11) is 0. The highest BCUT2D eigenvalue weighted by molar-refractivity contribution is 5.87. The first kappa shape index (κ1) is 19.4. The summed E-state index contributed by atoms with van der Waals surface area (Å²) in [5.41, 5.74) is -1.17. The van der Waals surface area contributed by atoms with Gasteiger partial charge in [0.15, 0.2) is 6.10 Å². The molecule has 6 nitrogen and oxygen atoms in total. The summed E-state index contributed by atoms with van der Waals surface area (Å²) >= 11 is 0. The second-order valence-corrected chi connectivity index (χ2v) is 8.96. The van der Waals surface area contributed by atoms with Gasteiger partial charge in [-0.2, -0.15) is 0 Å². The number of esters is 2. The van der Waals surface area contributed by atoms with Gasteiger partial charge in [-0.15, -0.1) is 0 Å². The van der Waals surface area contributed by atoms with Crippen LogP contribution < -0.4 is 0 Å². The SMILES string of the molecule is C=C(C)C(=O)OC(CO)COC(=O)C12CC3CC(O)(CC(CC)(C3)C1)C2. The number of aliphatic hydroxyl groups is 2. The van der Waals surface area contributed by atoms with E-state index in [9.17, 15) is 19.8 Å². The molecule has 2 N–H and O–H groups in total. The van der Waals surface area contributed by atoms with Crippen LogP contribution in [0.4, 0.5) is 0 Å². The van der Waals surface area contributed by atoms with Crippen molar-refractivity contribution in [1.82, 2.24) is 0 Å². The van der Waals surface area contributed by atoms with Gasteiger partial charge in [-0.25, -0.2) is 4.79 Å². The highest BCUT2D eigenvalue weighted by atomic mass is 16.6. The van der Waals surface area contributed by atoms with Crippen molar-refractivity contribution in [2.24, 2.45) is 16.7 Å². The predicted molar refractivity (Wildman–Crippen MR) is 94.0 cm³/mol. The van der Waals surface area contributed by atoms with E-state index >= 15 is 0 Å². The lowest BCUT2D eigenvalue weighted by atomic mass is 9.42. The van der Waals surface area contributed by atoms with Crippen LogP contribution in [-0.4, -0.2) is 47.1 Å². The van der Waals surface area contributed by atoms with Crippen LogP contribution in [0, 0.1) is 16.7 Å². The number of rotatable bonds is 7. The molecule has 4 aliphatic carbocycles. The maximum absolute atomic E-state index is 13.0. The van der Waals surface area contributed by atoms with Crippen LogP contribution in [0.3, 0.4) is 0 Å². The van der Waals surface area contributed by atoms with Crippen molar-refractivity contribution in [2.45, 2.75) is 70.5 Å². The van der Waals surface area contributed by atoms with Crippen LogP contribution in [0.5, 0.6) is 0 Å². The van der Waals surface area contributed by atoms with Gasteiger partial charge in [0.2, 0.25) is 0 Å². The van der Waals surface area contributed by atoms with Crippen molar-refractivity contribution in [3.05, 3.63) is 12.2 Å². The van der Waals surface area contributed by atoms with Gasteiger partial charge in [0.1, 0.15) is 6.61 Å². The molecular weight excluding hydrogens is 336 g/mol. The standard InChI is InChI=1S/C20H30O6/c1-4-18-5-14-6-19(10-18,12-20(24,7-14)11-18)17(23)25-9-15(8-21)26-16(22)13(2)3/h14-15,21,24H,2,4-12H2,1,3H3. The molecule has 146 valence electrons. The lowest BCUT2D eigenvalue weighted by molar-refractivity contribution is -0.219. The van der Waals surface area contributed by atoms with Crippen molar-refractivity contribution < 1.29 is 29.3 Å². The molecule has 4 rings (SSSR count). The Bertz CT molecular complexity index is 615. The van der Waals surface area contributed by atoms with Crippen LogP contribution in [-0.2, 0) is 19.1 Å². The second kappa shape index (κ2) is 6.64. The van der Waals surface area contributed by atoms with Gasteiger partial charge < -0.3 is 19.7 Å². The number of hydrogen-bond donors (Lipinski definition) is 2. The van der Waals surface area contributed by atoms with Gasteiger partial charge in [-0.1, -0.05) is 19.9 Å². The molecule has 0 saturated heterocycles. The lowest BCUT2D eigenvalue weighted by Crippen LogP contribution is -2.62. The van der Waals surface area contributed by atoms with E-state index in [1.54, 1.807) is 0 Å². The summed E-state index contributed by atoms with van der Waals surface area (Å²) in [5.74, 6) is -0.588. The van der Waals surface area contributed by atoms with E-state index < -0.39 is 29.7 Å². The fourth-order valence-electron chi connectivity index (χ4n) is 5.90. The smallest absolute Gasteiger partial charge is 0.333 e. The maximum Gasteiger partial charge on any atom is 0.333 e. The van der Waals surface area contributed by atoms with Crippen LogP contribution >= 0.6 is 0 Å². The number of hydrogen-bond acceptors (Lipinski definition) is 6. The van der Waals surface area contributed by atoms with E-state index in [1.165, 1.54) is 6.92 Å². The molecule has 0 aliphatic heterocycles. The molecule has 0 aromatic heterocycles. The van der Waals surface area contributed by atoms with E-state index in [4.69, 9.17) is 9.47 Å². The van der Waals surface area contributed by atoms with E-state index in [1.807, 2.05) is 0 Å². The zero-order chi connectivity index (χ0) is 19.2. The minimum Gasteiger partial charge on any atom is -0.461 e. The summed E-state index contributed by atoms with van der Waals surface area (Å²) in [6.07, 6.45) is 4.64. The number of ether oxygens (including phenoxy) is 2. The highest BCUT2D eigenvalue weighted by Crippen LogP contribution is 2.67. The Morgan fingerprint density at radius 3 is 2.54 bits per heavy atom. The van der Waals surface area contributed by atoms with Gasteiger partial charge in [-0.05, 0) is 56.8 Å². The molecule has 0 radical (unpaired) electrons. The highest BCUT2D eigenvalue weighted by Gasteiger charge is 2.65. The summed E-state index contributed by atoms with van der Waals surface area (Å²) in [4.78, 5) is 24.6. The third kappa shape index (κ3) is 3.41. The number of aliphatic hydroxyl groups excluding tert-OH is 1. The number of carbonyl (C=O) groups excluding carboxylic acids is 2. The Morgan fingerprint density at radius 1 is 1.23 bits per heavy atom. The Labute approximate surface area is 154 Å². The van der Waals surface area contributed by atoms with Gasteiger partial charge in [0.25, 0.3) is 0 Å². The third-order valence-electron chi connectivity index (χ3n) is 6.56. The third-order valence-corrected chi connectivity index (χ3v) is 6.56. The molecule has 0 spiro atoms. The molecule has 4 saturated carbocycles. The van der Waals surface area contributed by atoms with Gasteiger partial charge in [0, 0.05) is 5.57 Å². The average molecular weight is 366 g/mol.